The summed E-state index contributed by atoms with van der Waals surface area (Å²) in [7, 11) is 0. The molecule has 0 atom stereocenters. The first-order valence-corrected chi connectivity index (χ1v) is 6.43. The van der Waals surface area contributed by atoms with E-state index in [9.17, 15) is 9.90 Å². The number of allylic oxidation sites excluding steroid dienone is 14. The molecule has 0 saturated heterocycles. The molecule has 0 aromatic rings. The lowest BCUT2D eigenvalue weighted by Gasteiger charge is -1.85. The molecule has 0 aromatic carbocycles. The van der Waals surface area contributed by atoms with E-state index < -0.39 is 5.97 Å². The lowest BCUT2D eigenvalue weighted by Crippen LogP contribution is -1.84. The zero-order valence-electron chi connectivity index (χ0n) is 12.0. The highest BCUT2D eigenvalue weighted by atomic mass is 16.4. The van der Waals surface area contributed by atoms with Gasteiger partial charge in [-0.1, -0.05) is 72.9 Å². The van der Waals surface area contributed by atoms with Gasteiger partial charge in [-0.05, 0) is 19.1 Å². The van der Waals surface area contributed by atoms with E-state index in [4.69, 9.17) is 5.11 Å². The van der Waals surface area contributed by atoms with Crippen LogP contribution in [-0.2, 0) is 4.79 Å². The van der Waals surface area contributed by atoms with Crippen LogP contribution in [0, 0.1) is 0 Å². The van der Waals surface area contributed by atoms with Crippen molar-refractivity contribution in [2.24, 2.45) is 0 Å². The van der Waals surface area contributed by atoms with Crippen molar-refractivity contribution in [1.29, 1.82) is 0 Å². The number of aliphatic carboxylic acids is 1. The summed E-state index contributed by atoms with van der Waals surface area (Å²) in [4.78, 5) is 10.2. The van der Waals surface area contributed by atoms with Gasteiger partial charge in [0.25, 0.3) is 0 Å². The highest BCUT2D eigenvalue weighted by molar-refractivity contribution is 5.80. The maximum absolute atomic E-state index is 10.2. The van der Waals surface area contributed by atoms with Crippen LogP contribution in [0.1, 0.15) is 6.92 Å². The van der Waals surface area contributed by atoms with Crippen LogP contribution in [0.15, 0.2) is 96.9 Å². The number of aliphatic hydroxyl groups is 1. The number of aliphatic hydroxyl groups excluding tert-OH is 1. The average Bonchev–Trinajstić information content (AvgIpc) is 2.45. The lowest BCUT2D eigenvalue weighted by atomic mass is 10.3. The second-order valence-electron chi connectivity index (χ2n) is 3.71. The molecule has 0 amide bonds. The maximum atomic E-state index is 10.2. The summed E-state index contributed by atoms with van der Waals surface area (Å²) in [6.07, 6.45) is 25.2. The number of carboxylic acid groups (broad SMARTS) is 1. The summed E-state index contributed by atoms with van der Waals surface area (Å²) in [5, 5.41) is 17.9. The van der Waals surface area contributed by atoms with Gasteiger partial charge in [-0.25, -0.2) is 4.79 Å². The topological polar surface area (TPSA) is 57.5 Å². The molecule has 0 spiro atoms. The highest BCUT2D eigenvalue weighted by Gasteiger charge is 1.80. The highest BCUT2D eigenvalue weighted by Crippen LogP contribution is 1.93. The minimum atomic E-state index is -0.986. The monoisotopic (exact) mass is 284 g/mol. The van der Waals surface area contributed by atoms with Crippen molar-refractivity contribution in [3.63, 3.8) is 0 Å². The molecule has 0 heterocycles. The van der Waals surface area contributed by atoms with Crippen LogP contribution >= 0.6 is 0 Å². The molecule has 0 aliphatic carbocycles. The van der Waals surface area contributed by atoms with Gasteiger partial charge >= 0.3 is 5.97 Å². The van der Waals surface area contributed by atoms with Crippen LogP contribution in [-0.4, -0.2) is 16.2 Å². The van der Waals surface area contributed by atoms with Crippen LogP contribution in [0.3, 0.4) is 0 Å². The van der Waals surface area contributed by atoms with Crippen LogP contribution in [0.25, 0.3) is 0 Å². The quantitative estimate of drug-likeness (QED) is 0.394. The third-order valence-corrected chi connectivity index (χ3v) is 1.97. The lowest BCUT2D eigenvalue weighted by molar-refractivity contribution is -0.131. The normalized spacial score (nSPS) is 14.4. The summed E-state index contributed by atoms with van der Waals surface area (Å²) >= 11 is 0. The van der Waals surface area contributed by atoms with Crippen molar-refractivity contribution in [2.75, 3.05) is 0 Å². The number of hydrogen-bond acceptors (Lipinski definition) is 2. The molecular formula is C18H20O3. The van der Waals surface area contributed by atoms with Crippen molar-refractivity contribution in [2.45, 2.75) is 6.92 Å². The molecule has 110 valence electrons. The second-order valence-corrected chi connectivity index (χ2v) is 3.71. The molecular weight excluding hydrogens is 264 g/mol. The maximum Gasteiger partial charge on any atom is 0.328 e. The molecule has 0 aliphatic rings. The van der Waals surface area contributed by atoms with Gasteiger partial charge in [0.05, 0.1) is 0 Å². The van der Waals surface area contributed by atoms with E-state index in [1.165, 1.54) is 12.2 Å². The predicted molar refractivity (Wildman–Crippen MR) is 88.0 cm³/mol. The van der Waals surface area contributed by atoms with E-state index in [0.29, 0.717) is 0 Å². The SMILES string of the molecule is CC=CC=CC=CC=CC(O)=CC=CC=CC=CC(=O)O. The Kier molecular flexibility index (Phi) is 11.8. The Morgan fingerprint density at radius 2 is 1.14 bits per heavy atom. The first-order valence-electron chi connectivity index (χ1n) is 6.43. The fourth-order valence-electron chi connectivity index (χ4n) is 1.06. The Labute approximate surface area is 125 Å². The fourth-order valence-corrected chi connectivity index (χ4v) is 1.06. The largest absolute Gasteiger partial charge is 0.508 e. The van der Waals surface area contributed by atoms with Crippen molar-refractivity contribution in [3.05, 3.63) is 96.9 Å². The molecule has 0 aliphatic heterocycles. The summed E-state index contributed by atoms with van der Waals surface area (Å²) in [5.74, 6) is -0.859. The third-order valence-electron chi connectivity index (χ3n) is 1.97. The van der Waals surface area contributed by atoms with Gasteiger partial charge in [-0.15, -0.1) is 0 Å². The zero-order chi connectivity index (χ0) is 15.8. The van der Waals surface area contributed by atoms with Crippen LogP contribution in [0.2, 0.25) is 0 Å². The van der Waals surface area contributed by atoms with Crippen molar-refractivity contribution >= 4 is 5.97 Å². The van der Waals surface area contributed by atoms with Crippen LogP contribution < -0.4 is 0 Å². The molecule has 0 radical (unpaired) electrons. The Balaban J connectivity index is 4.15. The van der Waals surface area contributed by atoms with Crippen molar-refractivity contribution < 1.29 is 15.0 Å². The number of carbonyl (C=O) groups is 1. The molecule has 0 aromatic heterocycles. The molecule has 0 rings (SSSR count). The smallest absolute Gasteiger partial charge is 0.328 e. The minimum Gasteiger partial charge on any atom is -0.508 e. The van der Waals surface area contributed by atoms with E-state index in [1.54, 1.807) is 36.5 Å². The van der Waals surface area contributed by atoms with E-state index in [0.717, 1.165) is 6.08 Å². The van der Waals surface area contributed by atoms with Crippen LogP contribution in [0.4, 0.5) is 0 Å². The van der Waals surface area contributed by atoms with Crippen LogP contribution in [0.5, 0.6) is 0 Å². The first-order chi connectivity index (χ1) is 10.2. The molecule has 3 heteroatoms. The average molecular weight is 284 g/mol. The van der Waals surface area contributed by atoms with E-state index in [1.807, 2.05) is 43.4 Å². The Bertz CT molecular complexity index is 525. The molecule has 0 bridgehead atoms. The van der Waals surface area contributed by atoms with Crippen molar-refractivity contribution in [3.8, 4) is 0 Å². The van der Waals surface area contributed by atoms with Gasteiger partial charge < -0.3 is 10.2 Å². The molecule has 3 nitrogen and oxygen atoms in total. The van der Waals surface area contributed by atoms with Gasteiger partial charge in [0.2, 0.25) is 0 Å². The van der Waals surface area contributed by atoms with E-state index in [2.05, 4.69) is 0 Å². The van der Waals surface area contributed by atoms with Gasteiger partial charge in [0.15, 0.2) is 0 Å². The summed E-state index contributed by atoms with van der Waals surface area (Å²) in [6, 6.07) is 0. The second kappa shape index (κ2) is 13.6. The Hall–Kier alpha value is -2.81. The third kappa shape index (κ3) is 15.1. The number of carboxylic acids is 1. The Morgan fingerprint density at radius 1 is 0.667 bits per heavy atom. The minimum absolute atomic E-state index is 0.128. The first kappa shape index (κ1) is 18.2. The predicted octanol–water partition coefficient (Wildman–Crippen LogP) is 4.43. The molecule has 2 N–H and O–H groups in total. The van der Waals surface area contributed by atoms with E-state index in [-0.39, 0.29) is 5.76 Å². The molecule has 0 saturated carbocycles. The standard InChI is InChI=1S/C18H20O3/c1-2-3-4-5-6-8-11-14-17(19)15-12-9-7-10-13-16-18(20)21/h2-16,19H,1H3,(H,20,21). The zero-order valence-corrected chi connectivity index (χ0v) is 12.0. The van der Waals surface area contributed by atoms with Gasteiger partial charge in [-0.3, -0.25) is 0 Å². The number of hydrogen-bond donors (Lipinski definition) is 2. The Morgan fingerprint density at radius 3 is 1.71 bits per heavy atom. The summed E-state index contributed by atoms with van der Waals surface area (Å²) in [6.45, 7) is 1.95. The van der Waals surface area contributed by atoms with Gasteiger partial charge in [0.1, 0.15) is 5.76 Å². The van der Waals surface area contributed by atoms with E-state index >= 15 is 0 Å². The molecule has 21 heavy (non-hydrogen) atoms. The number of rotatable bonds is 8. The van der Waals surface area contributed by atoms with Gasteiger partial charge in [-0.2, -0.15) is 0 Å². The molecule has 0 fully saturated rings. The van der Waals surface area contributed by atoms with Crippen molar-refractivity contribution in [1.82, 2.24) is 0 Å². The summed E-state index contributed by atoms with van der Waals surface area (Å²) < 4.78 is 0. The fraction of sp³-hybridized carbons (Fsp3) is 0.0556. The summed E-state index contributed by atoms with van der Waals surface area (Å²) in [5.41, 5.74) is 0. The van der Waals surface area contributed by atoms with Gasteiger partial charge in [0, 0.05) is 6.08 Å². The molecule has 0 unspecified atom stereocenters.